The molecule has 0 amide bonds. The van der Waals surface area contributed by atoms with E-state index in [2.05, 4.69) is 49.4 Å². The van der Waals surface area contributed by atoms with Crippen molar-refractivity contribution in [3.63, 3.8) is 0 Å². The summed E-state index contributed by atoms with van der Waals surface area (Å²) in [6, 6.07) is 6.64. The van der Waals surface area contributed by atoms with Gasteiger partial charge in [0.1, 0.15) is 11.6 Å². The van der Waals surface area contributed by atoms with Crippen LogP contribution in [0.1, 0.15) is 30.3 Å². The molecule has 1 aliphatic rings. The molecule has 1 aromatic heterocycles. The van der Waals surface area contributed by atoms with Crippen molar-refractivity contribution in [2.24, 2.45) is 0 Å². The van der Waals surface area contributed by atoms with Crippen molar-refractivity contribution in [1.29, 1.82) is 0 Å². The van der Waals surface area contributed by atoms with Crippen molar-refractivity contribution >= 4 is 15.9 Å². The van der Waals surface area contributed by atoms with Gasteiger partial charge in [0.05, 0.1) is 6.61 Å². The summed E-state index contributed by atoms with van der Waals surface area (Å²) in [5, 5.41) is 3.62. The number of nitrogens with one attached hydrogen (secondary N) is 2. The van der Waals surface area contributed by atoms with Crippen molar-refractivity contribution in [3.05, 3.63) is 46.5 Å². The molecule has 0 spiro atoms. The molecule has 1 aromatic carbocycles. The lowest BCUT2D eigenvalue weighted by Gasteiger charge is -2.18. The smallest absolute Gasteiger partial charge is 0.125 e. The van der Waals surface area contributed by atoms with Gasteiger partial charge < -0.3 is 15.0 Å². The standard InChI is InChI=1S/C15H18BrN3O/c16-11-3-4-12-13(2-1-9-20-14(12)10-11)17-6-5-15-18-7-8-19-15/h3-4,7-8,10,13,17H,1-2,5-6,9H2,(H,18,19). The van der Waals surface area contributed by atoms with Crippen molar-refractivity contribution in [2.45, 2.75) is 25.3 Å². The molecule has 20 heavy (non-hydrogen) atoms. The summed E-state index contributed by atoms with van der Waals surface area (Å²) < 4.78 is 6.89. The van der Waals surface area contributed by atoms with Crippen molar-refractivity contribution < 1.29 is 4.74 Å². The Kier molecular flexibility index (Phi) is 4.38. The molecule has 0 radical (unpaired) electrons. The third kappa shape index (κ3) is 3.22. The maximum Gasteiger partial charge on any atom is 0.125 e. The maximum absolute atomic E-state index is 5.82. The minimum Gasteiger partial charge on any atom is -0.493 e. The summed E-state index contributed by atoms with van der Waals surface area (Å²) in [7, 11) is 0. The molecular formula is C15H18BrN3O. The quantitative estimate of drug-likeness (QED) is 0.901. The Morgan fingerprint density at radius 3 is 3.25 bits per heavy atom. The molecule has 0 aliphatic carbocycles. The van der Waals surface area contributed by atoms with Crippen molar-refractivity contribution in [3.8, 4) is 5.75 Å². The van der Waals surface area contributed by atoms with E-state index in [1.165, 1.54) is 5.56 Å². The van der Waals surface area contributed by atoms with E-state index < -0.39 is 0 Å². The van der Waals surface area contributed by atoms with Crippen LogP contribution in [0.4, 0.5) is 0 Å². The number of aromatic nitrogens is 2. The van der Waals surface area contributed by atoms with Crippen molar-refractivity contribution in [2.75, 3.05) is 13.2 Å². The van der Waals surface area contributed by atoms with Crippen LogP contribution in [0.2, 0.25) is 0 Å². The van der Waals surface area contributed by atoms with E-state index in [9.17, 15) is 0 Å². The number of imidazole rings is 1. The highest BCUT2D eigenvalue weighted by atomic mass is 79.9. The summed E-state index contributed by atoms with van der Waals surface area (Å²) in [5.41, 5.74) is 1.25. The van der Waals surface area contributed by atoms with Crippen LogP contribution in [0.3, 0.4) is 0 Å². The predicted octanol–water partition coefficient (Wildman–Crippen LogP) is 3.22. The molecule has 106 valence electrons. The summed E-state index contributed by atoms with van der Waals surface area (Å²) in [5.74, 6) is 2.02. The number of nitrogens with zero attached hydrogens (tertiary/aromatic N) is 1. The van der Waals surface area contributed by atoms with Crippen LogP contribution in [0.25, 0.3) is 0 Å². The van der Waals surface area contributed by atoms with Gasteiger partial charge in [0.25, 0.3) is 0 Å². The molecule has 0 saturated carbocycles. The molecule has 2 aromatic rings. The number of fused-ring (bicyclic) bond motifs is 1. The molecule has 0 bridgehead atoms. The number of H-pyrrole nitrogens is 1. The van der Waals surface area contributed by atoms with Gasteiger partial charge in [-0.15, -0.1) is 0 Å². The Balaban J connectivity index is 1.67. The lowest BCUT2D eigenvalue weighted by atomic mass is 10.0. The molecule has 3 rings (SSSR count). The Hall–Kier alpha value is -1.33. The van der Waals surface area contributed by atoms with Gasteiger partial charge in [0.2, 0.25) is 0 Å². The van der Waals surface area contributed by atoms with E-state index in [-0.39, 0.29) is 0 Å². The van der Waals surface area contributed by atoms with Gasteiger partial charge in [-0.3, -0.25) is 0 Å². The van der Waals surface area contributed by atoms with Crippen LogP contribution in [0.5, 0.6) is 5.75 Å². The monoisotopic (exact) mass is 335 g/mol. The van der Waals surface area contributed by atoms with Crippen molar-refractivity contribution in [1.82, 2.24) is 15.3 Å². The van der Waals surface area contributed by atoms with E-state index in [1.54, 1.807) is 6.20 Å². The van der Waals surface area contributed by atoms with Crippen LogP contribution in [0.15, 0.2) is 35.1 Å². The van der Waals surface area contributed by atoms with Crippen LogP contribution in [0, 0.1) is 0 Å². The average molecular weight is 336 g/mol. The molecule has 1 unspecified atom stereocenters. The highest BCUT2D eigenvalue weighted by Gasteiger charge is 2.19. The fourth-order valence-corrected chi connectivity index (χ4v) is 2.90. The first-order valence-electron chi connectivity index (χ1n) is 6.97. The third-order valence-electron chi connectivity index (χ3n) is 3.55. The normalized spacial score (nSPS) is 18.1. The first kappa shape index (κ1) is 13.6. The number of hydrogen-bond donors (Lipinski definition) is 2. The van der Waals surface area contributed by atoms with E-state index in [1.807, 2.05) is 6.20 Å². The summed E-state index contributed by atoms with van der Waals surface area (Å²) in [6.07, 6.45) is 6.75. The highest BCUT2D eigenvalue weighted by Crippen LogP contribution is 2.33. The largest absolute Gasteiger partial charge is 0.493 e. The Labute approximate surface area is 127 Å². The second-order valence-corrected chi connectivity index (χ2v) is 5.88. The van der Waals surface area contributed by atoms with Gasteiger partial charge >= 0.3 is 0 Å². The lowest BCUT2D eigenvalue weighted by molar-refractivity contribution is 0.315. The topological polar surface area (TPSA) is 49.9 Å². The zero-order valence-electron chi connectivity index (χ0n) is 11.2. The van der Waals surface area contributed by atoms with E-state index in [0.29, 0.717) is 6.04 Å². The predicted molar refractivity (Wildman–Crippen MR) is 81.9 cm³/mol. The Bertz CT molecular complexity index is 556. The highest BCUT2D eigenvalue weighted by molar-refractivity contribution is 9.10. The van der Waals surface area contributed by atoms with E-state index in [0.717, 1.165) is 48.5 Å². The van der Waals surface area contributed by atoms with Crippen LogP contribution >= 0.6 is 15.9 Å². The van der Waals surface area contributed by atoms with Gasteiger partial charge in [0, 0.05) is 41.4 Å². The average Bonchev–Trinajstić information content (AvgIpc) is 2.87. The first-order valence-corrected chi connectivity index (χ1v) is 7.76. The summed E-state index contributed by atoms with van der Waals surface area (Å²) >= 11 is 3.50. The lowest BCUT2D eigenvalue weighted by Crippen LogP contribution is -2.23. The molecule has 2 heterocycles. The Morgan fingerprint density at radius 2 is 2.40 bits per heavy atom. The molecule has 0 saturated heterocycles. The second-order valence-electron chi connectivity index (χ2n) is 4.97. The minimum atomic E-state index is 0.357. The van der Waals surface area contributed by atoms with Gasteiger partial charge in [-0.05, 0) is 25.0 Å². The van der Waals surface area contributed by atoms with Gasteiger partial charge in [0.15, 0.2) is 0 Å². The minimum absolute atomic E-state index is 0.357. The number of benzene rings is 1. The zero-order chi connectivity index (χ0) is 13.8. The zero-order valence-corrected chi connectivity index (χ0v) is 12.8. The van der Waals surface area contributed by atoms with Crippen LogP contribution < -0.4 is 10.1 Å². The maximum atomic E-state index is 5.82. The summed E-state index contributed by atoms with van der Waals surface area (Å²) in [6.45, 7) is 1.70. The molecule has 2 N–H and O–H groups in total. The number of aromatic amines is 1. The SMILES string of the molecule is Brc1ccc2c(c1)OCCCC2NCCc1ncc[nH]1. The van der Waals surface area contributed by atoms with Gasteiger partial charge in [-0.25, -0.2) is 4.98 Å². The molecule has 5 heteroatoms. The van der Waals surface area contributed by atoms with Crippen LogP contribution in [-0.2, 0) is 6.42 Å². The van der Waals surface area contributed by atoms with Crippen LogP contribution in [-0.4, -0.2) is 23.1 Å². The second kappa shape index (κ2) is 6.41. The molecule has 1 aliphatic heterocycles. The van der Waals surface area contributed by atoms with Gasteiger partial charge in [-0.1, -0.05) is 22.0 Å². The Morgan fingerprint density at radius 1 is 1.45 bits per heavy atom. The van der Waals surface area contributed by atoms with Gasteiger partial charge in [-0.2, -0.15) is 0 Å². The summed E-state index contributed by atoms with van der Waals surface area (Å²) in [4.78, 5) is 7.38. The first-order chi connectivity index (χ1) is 9.83. The number of hydrogen-bond acceptors (Lipinski definition) is 3. The van der Waals surface area contributed by atoms with E-state index in [4.69, 9.17) is 4.74 Å². The number of ether oxygens (including phenoxy) is 1. The number of halogens is 1. The number of rotatable bonds is 4. The fraction of sp³-hybridized carbons (Fsp3) is 0.400. The molecule has 0 fully saturated rings. The molecule has 4 nitrogen and oxygen atoms in total. The third-order valence-corrected chi connectivity index (χ3v) is 4.05. The van der Waals surface area contributed by atoms with E-state index >= 15 is 0 Å². The fourth-order valence-electron chi connectivity index (χ4n) is 2.56. The molecular weight excluding hydrogens is 318 g/mol. The molecule has 1 atom stereocenters.